The molecule has 0 bridgehead atoms. The third-order valence-electron chi connectivity index (χ3n) is 3.56. The summed E-state index contributed by atoms with van der Waals surface area (Å²) in [6.45, 7) is 2.90. The lowest BCUT2D eigenvalue weighted by Crippen LogP contribution is -2.33. The highest BCUT2D eigenvalue weighted by molar-refractivity contribution is 7.89. The van der Waals surface area contributed by atoms with Crippen molar-refractivity contribution in [3.8, 4) is 0 Å². The summed E-state index contributed by atoms with van der Waals surface area (Å²) in [6.07, 6.45) is -4.59. The first-order valence-electron chi connectivity index (χ1n) is 7.27. The quantitative estimate of drug-likeness (QED) is 0.873. The maximum Gasteiger partial charge on any atom is 0.416 e. The first kappa shape index (κ1) is 19.1. The van der Waals surface area contributed by atoms with Crippen LogP contribution >= 0.6 is 0 Å². The highest BCUT2D eigenvalue weighted by atomic mass is 32.2. The van der Waals surface area contributed by atoms with Crippen LogP contribution in [0.4, 0.5) is 13.2 Å². The third kappa shape index (κ3) is 4.67. The minimum absolute atomic E-state index is 0.0713. The summed E-state index contributed by atoms with van der Waals surface area (Å²) in [5.74, 6) is -0.616. The molecule has 1 unspecified atom stereocenters. The van der Waals surface area contributed by atoms with Gasteiger partial charge in [0, 0.05) is 0 Å². The molecule has 134 valence electrons. The summed E-state index contributed by atoms with van der Waals surface area (Å²) in [4.78, 5) is 11.8. The van der Waals surface area contributed by atoms with Crippen molar-refractivity contribution >= 4 is 15.8 Å². The summed E-state index contributed by atoms with van der Waals surface area (Å²) in [7, 11) is -4.07. The molecule has 1 atom stereocenters. The Morgan fingerprint density at radius 2 is 1.68 bits per heavy atom. The van der Waals surface area contributed by atoms with Crippen LogP contribution in [0.3, 0.4) is 0 Å². The van der Waals surface area contributed by atoms with Crippen molar-refractivity contribution in [2.24, 2.45) is 0 Å². The molecule has 0 amide bonds. The van der Waals surface area contributed by atoms with Gasteiger partial charge in [-0.2, -0.15) is 17.9 Å². The Bertz CT molecular complexity index is 875. The molecular weight excluding hydrogens is 355 g/mol. The highest BCUT2D eigenvalue weighted by Crippen LogP contribution is 2.31. The van der Waals surface area contributed by atoms with Crippen molar-refractivity contribution < 1.29 is 26.4 Å². The number of aryl methyl sites for hydroxylation is 1. The third-order valence-corrected chi connectivity index (χ3v) is 5.00. The van der Waals surface area contributed by atoms with Crippen molar-refractivity contribution in [3.05, 3.63) is 65.2 Å². The fourth-order valence-electron chi connectivity index (χ4n) is 2.22. The molecule has 25 heavy (non-hydrogen) atoms. The molecule has 0 aromatic heterocycles. The Kier molecular flexibility index (Phi) is 5.34. The average Bonchev–Trinajstić information content (AvgIpc) is 2.52. The van der Waals surface area contributed by atoms with Gasteiger partial charge in [0.1, 0.15) is 6.04 Å². The Hall–Kier alpha value is -2.19. The molecule has 8 heteroatoms. The fourth-order valence-corrected chi connectivity index (χ4v) is 3.46. The van der Waals surface area contributed by atoms with Crippen molar-refractivity contribution in [1.82, 2.24) is 4.72 Å². The van der Waals surface area contributed by atoms with Crippen molar-refractivity contribution in [3.63, 3.8) is 0 Å². The Balaban J connectivity index is 2.39. The smallest absolute Gasteiger partial charge is 0.298 e. The molecular formula is C17H16F3NO3S. The number of halogens is 3. The van der Waals surface area contributed by atoms with E-state index < -0.39 is 33.6 Å². The van der Waals surface area contributed by atoms with Crippen molar-refractivity contribution in [2.75, 3.05) is 0 Å². The van der Waals surface area contributed by atoms with E-state index in [9.17, 15) is 26.4 Å². The number of hydrogen-bond donors (Lipinski definition) is 1. The molecule has 0 spiro atoms. The van der Waals surface area contributed by atoms with Crippen LogP contribution in [0.1, 0.15) is 29.7 Å². The van der Waals surface area contributed by atoms with Gasteiger partial charge in [-0.3, -0.25) is 4.79 Å². The van der Waals surface area contributed by atoms with E-state index in [1.807, 2.05) is 0 Å². The number of carbonyl (C=O) groups is 1. The van der Waals surface area contributed by atoms with E-state index in [1.165, 1.54) is 18.2 Å². The van der Waals surface area contributed by atoms with E-state index in [1.54, 1.807) is 19.1 Å². The normalized spacial score (nSPS) is 13.5. The molecule has 0 fully saturated rings. The number of nitrogens with one attached hydrogen (secondary N) is 1. The molecule has 2 aromatic carbocycles. The van der Waals surface area contributed by atoms with Gasteiger partial charge >= 0.3 is 6.18 Å². The van der Waals surface area contributed by atoms with Gasteiger partial charge in [-0.25, -0.2) is 8.42 Å². The number of carbonyl (C=O) groups excluding carboxylic acids is 1. The van der Waals surface area contributed by atoms with Crippen molar-refractivity contribution in [2.45, 2.75) is 31.0 Å². The lowest BCUT2D eigenvalue weighted by atomic mass is 10.0. The number of hydrogen-bond acceptors (Lipinski definition) is 3. The van der Waals surface area contributed by atoms with Gasteiger partial charge in [0.15, 0.2) is 5.78 Å². The highest BCUT2D eigenvalue weighted by Gasteiger charge is 2.32. The lowest BCUT2D eigenvalue weighted by molar-refractivity contribution is -0.137. The zero-order valence-electron chi connectivity index (χ0n) is 13.5. The summed E-state index contributed by atoms with van der Waals surface area (Å²) in [5.41, 5.74) is -0.177. The Labute approximate surface area is 143 Å². The van der Waals surface area contributed by atoms with E-state index in [4.69, 9.17) is 0 Å². The zero-order valence-corrected chi connectivity index (χ0v) is 14.3. The first-order chi connectivity index (χ1) is 11.5. The van der Waals surface area contributed by atoms with Crippen LogP contribution in [0.5, 0.6) is 0 Å². The van der Waals surface area contributed by atoms with Gasteiger partial charge in [-0.15, -0.1) is 0 Å². The Morgan fingerprint density at radius 1 is 1.08 bits per heavy atom. The SMILES string of the molecule is CC(=O)C(NS(=O)(=O)c1ccc(C)cc1)c1cccc(C(F)(F)F)c1. The van der Waals surface area contributed by atoms with E-state index in [-0.39, 0.29) is 10.5 Å². The summed E-state index contributed by atoms with van der Waals surface area (Å²) in [5, 5.41) is 0. The maximum absolute atomic E-state index is 12.8. The molecule has 0 radical (unpaired) electrons. The first-order valence-corrected chi connectivity index (χ1v) is 8.75. The summed E-state index contributed by atoms with van der Waals surface area (Å²) in [6, 6.07) is 8.52. The largest absolute Gasteiger partial charge is 0.416 e. The van der Waals surface area contributed by atoms with E-state index >= 15 is 0 Å². The maximum atomic E-state index is 12.8. The van der Waals surface area contributed by atoms with Gasteiger partial charge in [-0.1, -0.05) is 29.8 Å². The molecule has 1 N–H and O–H groups in total. The predicted molar refractivity (Wildman–Crippen MR) is 86.4 cm³/mol. The number of sulfonamides is 1. The van der Waals surface area contributed by atoms with Crippen molar-refractivity contribution in [1.29, 1.82) is 0 Å². The number of alkyl halides is 3. The standard InChI is InChI=1S/C17H16F3NO3S/c1-11-6-8-15(9-7-11)25(23,24)21-16(12(2)22)13-4-3-5-14(10-13)17(18,19)20/h3-10,16,21H,1-2H3. The molecule has 0 aliphatic rings. The van der Waals surface area contributed by atoms with E-state index in [2.05, 4.69) is 4.72 Å². The summed E-state index contributed by atoms with van der Waals surface area (Å²) < 4.78 is 65.6. The summed E-state index contributed by atoms with van der Waals surface area (Å²) >= 11 is 0. The van der Waals surface area contributed by atoms with Gasteiger partial charge in [0.2, 0.25) is 10.0 Å². The predicted octanol–water partition coefficient (Wildman–Crippen LogP) is 3.62. The van der Waals surface area contributed by atoms with Gasteiger partial charge in [0.05, 0.1) is 10.5 Å². The lowest BCUT2D eigenvalue weighted by Gasteiger charge is -2.18. The van der Waals surface area contributed by atoms with Gasteiger partial charge in [0.25, 0.3) is 0 Å². The number of rotatable bonds is 5. The molecule has 4 nitrogen and oxygen atoms in total. The second-order valence-corrected chi connectivity index (χ2v) is 7.32. The van der Waals surface area contributed by atoms with E-state index in [0.29, 0.717) is 0 Å². The Morgan fingerprint density at radius 3 is 2.20 bits per heavy atom. The van der Waals surface area contributed by atoms with Crippen LogP contribution in [0.2, 0.25) is 0 Å². The monoisotopic (exact) mass is 371 g/mol. The van der Waals surface area contributed by atoms with Crippen LogP contribution in [-0.2, 0) is 21.0 Å². The minimum Gasteiger partial charge on any atom is -0.298 e. The number of Topliss-reactive ketones (excluding diaryl/α,β-unsaturated/α-hetero) is 1. The molecule has 0 saturated heterocycles. The van der Waals surface area contributed by atoms with Crippen LogP contribution in [0.25, 0.3) is 0 Å². The van der Waals surface area contributed by atoms with Crippen LogP contribution in [0.15, 0.2) is 53.4 Å². The van der Waals surface area contributed by atoms with E-state index in [0.717, 1.165) is 30.7 Å². The molecule has 0 heterocycles. The second-order valence-electron chi connectivity index (χ2n) is 5.60. The fraction of sp³-hybridized carbons (Fsp3) is 0.235. The second kappa shape index (κ2) is 6.97. The molecule has 2 aromatic rings. The van der Waals surface area contributed by atoms with Gasteiger partial charge in [-0.05, 0) is 43.7 Å². The van der Waals surface area contributed by atoms with Crippen LogP contribution in [-0.4, -0.2) is 14.2 Å². The van der Waals surface area contributed by atoms with Gasteiger partial charge < -0.3 is 0 Å². The molecule has 0 aliphatic heterocycles. The van der Waals surface area contributed by atoms with Crippen LogP contribution < -0.4 is 4.72 Å². The number of ketones is 1. The topological polar surface area (TPSA) is 63.2 Å². The number of benzene rings is 2. The molecule has 0 aliphatic carbocycles. The molecule has 2 rings (SSSR count). The average molecular weight is 371 g/mol. The molecule has 0 saturated carbocycles. The zero-order chi connectivity index (χ0) is 18.8. The van der Waals surface area contributed by atoms with Crippen LogP contribution in [0, 0.1) is 6.92 Å². The minimum atomic E-state index is -4.59.